The lowest BCUT2D eigenvalue weighted by Gasteiger charge is -2.32. The molecule has 1 N–H and O–H groups in total. The number of carbonyl (C=O) groups excluding carboxylic acids is 1. The van der Waals surface area contributed by atoms with Crippen molar-refractivity contribution in [2.24, 2.45) is 0 Å². The first kappa shape index (κ1) is 16.0. The van der Waals surface area contributed by atoms with Crippen molar-refractivity contribution in [3.8, 4) is 11.5 Å². The second kappa shape index (κ2) is 7.14. The molecule has 132 valence electrons. The van der Waals surface area contributed by atoms with Crippen LogP contribution in [-0.2, 0) is 11.3 Å². The predicted molar refractivity (Wildman–Crippen MR) is 91.3 cm³/mol. The van der Waals surface area contributed by atoms with Gasteiger partial charge in [-0.15, -0.1) is 0 Å². The van der Waals surface area contributed by atoms with Gasteiger partial charge in [-0.2, -0.15) is 0 Å². The zero-order valence-electron chi connectivity index (χ0n) is 14.1. The van der Waals surface area contributed by atoms with Gasteiger partial charge in [0.2, 0.25) is 12.7 Å². The summed E-state index contributed by atoms with van der Waals surface area (Å²) >= 11 is 0. The fraction of sp³-hybridized carbons (Fsp3) is 0.444. The van der Waals surface area contributed by atoms with Gasteiger partial charge in [-0.1, -0.05) is 6.07 Å². The number of imidazole rings is 1. The molecule has 25 heavy (non-hydrogen) atoms. The number of aromatic nitrogens is 2. The first-order valence-electron chi connectivity index (χ1n) is 8.63. The summed E-state index contributed by atoms with van der Waals surface area (Å²) < 4.78 is 12.8. The monoisotopic (exact) mass is 342 g/mol. The SMILES string of the molecule is O=C(CN1CCCC(n2ccnc2)C1)NCc1ccc2c(c1)OCO2. The van der Waals surface area contributed by atoms with Crippen molar-refractivity contribution < 1.29 is 14.3 Å². The van der Waals surface area contributed by atoms with Crippen molar-refractivity contribution >= 4 is 5.91 Å². The van der Waals surface area contributed by atoms with Crippen LogP contribution < -0.4 is 14.8 Å². The zero-order valence-corrected chi connectivity index (χ0v) is 14.1. The molecule has 1 amide bonds. The lowest BCUT2D eigenvalue weighted by atomic mass is 10.1. The average Bonchev–Trinajstić information content (AvgIpc) is 3.31. The fourth-order valence-corrected chi connectivity index (χ4v) is 3.41. The number of amides is 1. The van der Waals surface area contributed by atoms with E-state index in [2.05, 4.69) is 19.8 Å². The Morgan fingerprint density at radius 1 is 1.32 bits per heavy atom. The van der Waals surface area contributed by atoms with E-state index in [0.717, 1.165) is 43.0 Å². The van der Waals surface area contributed by atoms with Crippen LogP contribution in [0.25, 0.3) is 0 Å². The smallest absolute Gasteiger partial charge is 0.234 e. The molecule has 1 aromatic heterocycles. The first-order chi connectivity index (χ1) is 12.3. The number of rotatable bonds is 5. The number of carbonyl (C=O) groups is 1. The molecule has 1 aromatic carbocycles. The minimum absolute atomic E-state index is 0.0453. The molecule has 2 aliphatic heterocycles. The number of benzene rings is 1. The minimum Gasteiger partial charge on any atom is -0.454 e. The van der Waals surface area contributed by atoms with E-state index in [-0.39, 0.29) is 12.7 Å². The zero-order chi connectivity index (χ0) is 17.1. The Bertz CT molecular complexity index is 732. The highest BCUT2D eigenvalue weighted by Gasteiger charge is 2.22. The summed E-state index contributed by atoms with van der Waals surface area (Å²) in [6.45, 7) is 3.03. The Morgan fingerprint density at radius 2 is 2.24 bits per heavy atom. The van der Waals surface area contributed by atoms with Crippen molar-refractivity contribution in [3.05, 3.63) is 42.5 Å². The first-order valence-corrected chi connectivity index (χ1v) is 8.63. The van der Waals surface area contributed by atoms with Crippen LogP contribution in [0, 0.1) is 0 Å². The van der Waals surface area contributed by atoms with Crippen LogP contribution >= 0.6 is 0 Å². The van der Waals surface area contributed by atoms with Crippen LogP contribution in [0.2, 0.25) is 0 Å². The topological polar surface area (TPSA) is 68.6 Å². The standard InChI is InChI=1S/C18H22N4O3/c23-18(20-9-14-3-4-16-17(8-14)25-13-24-16)11-21-6-1-2-15(10-21)22-7-5-19-12-22/h3-5,7-8,12,15H,1-2,6,9-11,13H2,(H,20,23). The van der Waals surface area contributed by atoms with E-state index in [0.29, 0.717) is 19.1 Å². The molecule has 1 fully saturated rings. The molecule has 4 rings (SSSR count). The van der Waals surface area contributed by atoms with Gasteiger partial charge in [-0.25, -0.2) is 4.98 Å². The Kier molecular flexibility index (Phi) is 4.56. The number of piperidine rings is 1. The third-order valence-electron chi connectivity index (χ3n) is 4.72. The second-order valence-corrected chi connectivity index (χ2v) is 6.51. The Labute approximate surface area is 146 Å². The Hall–Kier alpha value is -2.54. The van der Waals surface area contributed by atoms with Crippen molar-refractivity contribution in [2.45, 2.75) is 25.4 Å². The molecular formula is C18H22N4O3. The van der Waals surface area contributed by atoms with E-state index in [1.54, 1.807) is 6.20 Å². The molecule has 2 aromatic rings. The van der Waals surface area contributed by atoms with Crippen LogP contribution in [0.5, 0.6) is 11.5 Å². The number of fused-ring (bicyclic) bond motifs is 1. The van der Waals surface area contributed by atoms with Crippen LogP contribution in [0.3, 0.4) is 0 Å². The van der Waals surface area contributed by atoms with Crippen LogP contribution in [-0.4, -0.2) is 46.8 Å². The average molecular weight is 342 g/mol. The molecule has 1 saturated heterocycles. The van der Waals surface area contributed by atoms with E-state index < -0.39 is 0 Å². The number of nitrogens with one attached hydrogen (secondary N) is 1. The normalized spacial score (nSPS) is 19.8. The summed E-state index contributed by atoms with van der Waals surface area (Å²) in [5.41, 5.74) is 1.01. The summed E-state index contributed by atoms with van der Waals surface area (Å²) in [5, 5.41) is 2.99. The van der Waals surface area contributed by atoms with Gasteiger partial charge in [0.05, 0.1) is 12.9 Å². The number of hydrogen-bond donors (Lipinski definition) is 1. The second-order valence-electron chi connectivity index (χ2n) is 6.51. The molecule has 1 atom stereocenters. The van der Waals surface area contributed by atoms with Crippen LogP contribution in [0.4, 0.5) is 0 Å². The highest BCUT2D eigenvalue weighted by molar-refractivity contribution is 5.78. The van der Waals surface area contributed by atoms with Crippen molar-refractivity contribution in [2.75, 3.05) is 26.4 Å². The number of ether oxygens (including phenoxy) is 2. The summed E-state index contributed by atoms with van der Waals surface area (Å²) in [6.07, 6.45) is 7.88. The summed E-state index contributed by atoms with van der Waals surface area (Å²) in [7, 11) is 0. The van der Waals surface area contributed by atoms with Crippen molar-refractivity contribution in [1.82, 2.24) is 19.8 Å². The van der Waals surface area contributed by atoms with E-state index in [4.69, 9.17) is 9.47 Å². The van der Waals surface area contributed by atoms with Gasteiger partial charge in [0.1, 0.15) is 0 Å². The highest BCUT2D eigenvalue weighted by Crippen LogP contribution is 2.32. The molecule has 2 aliphatic rings. The van der Waals surface area contributed by atoms with Gasteiger partial charge >= 0.3 is 0 Å². The summed E-state index contributed by atoms with van der Waals surface area (Å²) in [5.74, 6) is 1.55. The van der Waals surface area contributed by atoms with Crippen molar-refractivity contribution in [3.63, 3.8) is 0 Å². The van der Waals surface area contributed by atoms with E-state index >= 15 is 0 Å². The molecule has 0 aliphatic carbocycles. The predicted octanol–water partition coefficient (Wildman–Crippen LogP) is 1.57. The number of hydrogen-bond acceptors (Lipinski definition) is 5. The summed E-state index contributed by atoms with van der Waals surface area (Å²) in [6, 6.07) is 6.14. The lowest BCUT2D eigenvalue weighted by molar-refractivity contribution is -0.122. The van der Waals surface area contributed by atoms with Gasteiger partial charge < -0.3 is 19.4 Å². The molecule has 7 nitrogen and oxygen atoms in total. The van der Waals surface area contributed by atoms with E-state index in [1.165, 1.54) is 0 Å². The van der Waals surface area contributed by atoms with Crippen molar-refractivity contribution in [1.29, 1.82) is 0 Å². The maximum atomic E-state index is 12.3. The largest absolute Gasteiger partial charge is 0.454 e. The molecule has 0 bridgehead atoms. The quantitative estimate of drug-likeness (QED) is 0.893. The highest BCUT2D eigenvalue weighted by atomic mass is 16.7. The van der Waals surface area contributed by atoms with E-state index in [9.17, 15) is 4.79 Å². The van der Waals surface area contributed by atoms with Gasteiger partial charge in [-0.3, -0.25) is 9.69 Å². The molecule has 0 radical (unpaired) electrons. The molecule has 0 spiro atoms. The Morgan fingerprint density at radius 3 is 3.12 bits per heavy atom. The van der Waals surface area contributed by atoms with Gasteiger partial charge in [-0.05, 0) is 37.1 Å². The minimum atomic E-state index is 0.0453. The van der Waals surface area contributed by atoms with Gasteiger partial charge in [0, 0.05) is 31.5 Å². The van der Waals surface area contributed by atoms with Crippen LogP contribution in [0.1, 0.15) is 24.4 Å². The molecule has 0 saturated carbocycles. The maximum absolute atomic E-state index is 12.3. The molecular weight excluding hydrogens is 320 g/mol. The molecule has 1 unspecified atom stereocenters. The Balaban J connectivity index is 1.27. The third-order valence-corrected chi connectivity index (χ3v) is 4.72. The molecule has 3 heterocycles. The summed E-state index contributed by atoms with van der Waals surface area (Å²) in [4.78, 5) is 18.6. The maximum Gasteiger partial charge on any atom is 0.234 e. The lowest BCUT2D eigenvalue weighted by Crippen LogP contribution is -2.42. The fourth-order valence-electron chi connectivity index (χ4n) is 3.41. The van der Waals surface area contributed by atoms with Gasteiger partial charge in [0.15, 0.2) is 11.5 Å². The van der Waals surface area contributed by atoms with Crippen LogP contribution in [0.15, 0.2) is 36.9 Å². The number of nitrogens with zero attached hydrogens (tertiary/aromatic N) is 3. The third kappa shape index (κ3) is 3.76. The van der Waals surface area contributed by atoms with E-state index in [1.807, 2.05) is 30.7 Å². The van der Waals surface area contributed by atoms with Gasteiger partial charge in [0.25, 0.3) is 0 Å². The number of likely N-dealkylation sites (tertiary alicyclic amines) is 1. The molecule has 7 heteroatoms.